The first-order valence-electron chi connectivity index (χ1n) is 9.83. The molecule has 3 aliphatic heterocycles. The third-order valence-corrected chi connectivity index (χ3v) is 6.30. The molecular weight excluding hydrogens is 342 g/mol. The zero-order chi connectivity index (χ0) is 19.2. The van der Waals surface area contributed by atoms with Crippen LogP contribution in [0.3, 0.4) is 0 Å². The molecule has 6 heteroatoms. The summed E-state index contributed by atoms with van der Waals surface area (Å²) in [5, 5.41) is 0. The van der Waals surface area contributed by atoms with Crippen LogP contribution in [0.5, 0.6) is 0 Å². The smallest absolute Gasteiger partial charge is 0.230 e. The van der Waals surface area contributed by atoms with Crippen LogP contribution in [-0.4, -0.2) is 57.9 Å². The Balaban J connectivity index is 1.56. The molecule has 1 aromatic heterocycles. The van der Waals surface area contributed by atoms with Gasteiger partial charge in [0.1, 0.15) is 5.60 Å². The van der Waals surface area contributed by atoms with Gasteiger partial charge in [0.2, 0.25) is 11.8 Å². The molecule has 1 spiro atoms. The topological polar surface area (TPSA) is 62.7 Å². The molecule has 2 fully saturated rings. The summed E-state index contributed by atoms with van der Waals surface area (Å²) in [6.45, 7) is 5.19. The predicted molar refractivity (Wildman–Crippen MR) is 101 cm³/mol. The summed E-state index contributed by atoms with van der Waals surface area (Å²) in [4.78, 5) is 34.4. The maximum atomic E-state index is 13.3. The van der Waals surface area contributed by atoms with Crippen LogP contribution in [0.25, 0.3) is 0 Å². The van der Waals surface area contributed by atoms with E-state index in [1.165, 1.54) is 0 Å². The Morgan fingerprint density at radius 3 is 2.85 bits per heavy atom. The number of fused-ring (bicyclic) bond motifs is 1. The zero-order valence-electron chi connectivity index (χ0n) is 16.2. The molecule has 0 aromatic carbocycles. The van der Waals surface area contributed by atoms with Crippen molar-refractivity contribution in [2.45, 2.75) is 51.0 Å². The van der Waals surface area contributed by atoms with Gasteiger partial charge >= 0.3 is 0 Å². The summed E-state index contributed by atoms with van der Waals surface area (Å²) in [6.07, 6.45) is 7.23. The molecular formula is C21H27N3O3. The fourth-order valence-corrected chi connectivity index (χ4v) is 4.92. The third kappa shape index (κ3) is 2.78. The van der Waals surface area contributed by atoms with Gasteiger partial charge in [0, 0.05) is 19.3 Å². The molecule has 4 rings (SSSR count). The Hall–Kier alpha value is -2.21. The van der Waals surface area contributed by atoms with Crippen LogP contribution in [0.4, 0.5) is 0 Å². The molecule has 0 N–H and O–H groups in total. The SMILES string of the molecule is CCC(CC)N1C[C@]23C=C[C@H](O2)[C@H](C(=O)N(C)Cc2ccccn2)[C@H]3C1=O. The molecule has 2 saturated heterocycles. The van der Waals surface area contributed by atoms with Gasteiger partial charge < -0.3 is 14.5 Å². The molecule has 2 amide bonds. The average molecular weight is 369 g/mol. The highest BCUT2D eigenvalue weighted by Crippen LogP contribution is 2.52. The average Bonchev–Trinajstić information content (AvgIpc) is 3.32. The summed E-state index contributed by atoms with van der Waals surface area (Å²) < 4.78 is 6.22. The monoisotopic (exact) mass is 369 g/mol. The molecule has 0 radical (unpaired) electrons. The summed E-state index contributed by atoms with van der Waals surface area (Å²) >= 11 is 0. The minimum Gasteiger partial charge on any atom is -0.360 e. The van der Waals surface area contributed by atoms with Gasteiger partial charge in [-0.05, 0) is 25.0 Å². The lowest BCUT2D eigenvalue weighted by molar-refractivity contribution is -0.143. The van der Waals surface area contributed by atoms with Crippen molar-refractivity contribution < 1.29 is 14.3 Å². The second-order valence-corrected chi connectivity index (χ2v) is 7.85. The number of hydrogen-bond acceptors (Lipinski definition) is 4. The van der Waals surface area contributed by atoms with Crippen LogP contribution in [0.1, 0.15) is 32.4 Å². The molecule has 4 atom stereocenters. The van der Waals surface area contributed by atoms with Gasteiger partial charge in [-0.3, -0.25) is 14.6 Å². The van der Waals surface area contributed by atoms with Gasteiger partial charge in [-0.25, -0.2) is 0 Å². The van der Waals surface area contributed by atoms with Crippen LogP contribution in [0.2, 0.25) is 0 Å². The summed E-state index contributed by atoms with van der Waals surface area (Å²) in [7, 11) is 1.78. The standard InChI is InChI=1S/C21H27N3O3/c1-4-15(5-2)24-13-21-10-9-16(27-21)17(18(21)20(24)26)19(25)23(3)12-14-8-6-7-11-22-14/h6-11,15-18H,4-5,12-13H2,1-3H3/t16-,17-,18-,21-/m0/s1. The van der Waals surface area contributed by atoms with Crippen molar-refractivity contribution in [1.82, 2.24) is 14.8 Å². The molecule has 4 heterocycles. The van der Waals surface area contributed by atoms with Crippen LogP contribution < -0.4 is 0 Å². The second kappa shape index (κ2) is 6.75. The zero-order valence-corrected chi connectivity index (χ0v) is 16.2. The van der Waals surface area contributed by atoms with E-state index < -0.39 is 17.4 Å². The lowest BCUT2D eigenvalue weighted by atomic mass is 9.76. The number of amides is 2. The van der Waals surface area contributed by atoms with Gasteiger partial charge in [-0.15, -0.1) is 0 Å². The minimum absolute atomic E-state index is 0.0402. The number of rotatable bonds is 6. The van der Waals surface area contributed by atoms with E-state index in [1.807, 2.05) is 35.3 Å². The Morgan fingerprint density at radius 1 is 1.41 bits per heavy atom. The maximum absolute atomic E-state index is 13.3. The van der Waals surface area contributed by atoms with E-state index in [0.29, 0.717) is 13.1 Å². The summed E-state index contributed by atoms with van der Waals surface area (Å²) in [5.74, 6) is -0.830. The van der Waals surface area contributed by atoms with Gasteiger partial charge in [-0.2, -0.15) is 0 Å². The number of pyridine rings is 1. The highest BCUT2D eigenvalue weighted by Gasteiger charge is 2.67. The van der Waals surface area contributed by atoms with Crippen molar-refractivity contribution in [2.24, 2.45) is 11.8 Å². The van der Waals surface area contributed by atoms with Crippen molar-refractivity contribution in [1.29, 1.82) is 0 Å². The Labute approximate surface area is 160 Å². The van der Waals surface area contributed by atoms with Gasteiger partial charge in [0.05, 0.1) is 36.7 Å². The van der Waals surface area contributed by atoms with Crippen LogP contribution in [0.15, 0.2) is 36.5 Å². The van der Waals surface area contributed by atoms with E-state index in [0.717, 1.165) is 18.5 Å². The van der Waals surface area contributed by atoms with Crippen molar-refractivity contribution in [3.05, 3.63) is 42.2 Å². The molecule has 2 bridgehead atoms. The molecule has 0 aliphatic carbocycles. The fraction of sp³-hybridized carbons (Fsp3) is 0.571. The number of aromatic nitrogens is 1. The Morgan fingerprint density at radius 2 is 2.19 bits per heavy atom. The van der Waals surface area contributed by atoms with E-state index in [-0.39, 0.29) is 24.0 Å². The molecule has 27 heavy (non-hydrogen) atoms. The van der Waals surface area contributed by atoms with E-state index in [4.69, 9.17) is 4.74 Å². The van der Waals surface area contributed by atoms with E-state index >= 15 is 0 Å². The van der Waals surface area contributed by atoms with Crippen molar-refractivity contribution >= 4 is 11.8 Å². The minimum atomic E-state index is -0.628. The van der Waals surface area contributed by atoms with Gasteiger partial charge in [0.15, 0.2) is 0 Å². The molecule has 0 unspecified atom stereocenters. The van der Waals surface area contributed by atoms with Crippen molar-refractivity contribution in [3.63, 3.8) is 0 Å². The Bertz CT molecular complexity index is 761. The first kappa shape index (κ1) is 18.2. The number of carbonyl (C=O) groups excluding carboxylic acids is 2. The number of carbonyl (C=O) groups is 2. The first-order chi connectivity index (χ1) is 13.0. The lowest BCUT2D eigenvalue weighted by Crippen LogP contribution is -2.45. The highest BCUT2D eigenvalue weighted by atomic mass is 16.5. The largest absolute Gasteiger partial charge is 0.360 e. The van der Waals surface area contributed by atoms with Gasteiger partial charge in [-0.1, -0.05) is 32.1 Å². The van der Waals surface area contributed by atoms with E-state index in [9.17, 15) is 9.59 Å². The number of hydrogen-bond donors (Lipinski definition) is 0. The predicted octanol–water partition coefficient (Wildman–Crippen LogP) is 2.01. The van der Waals surface area contributed by atoms with Crippen LogP contribution >= 0.6 is 0 Å². The van der Waals surface area contributed by atoms with Crippen LogP contribution in [-0.2, 0) is 20.9 Å². The Kier molecular flexibility index (Phi) is 4.54. The first-order valence-corrected chi connectivity index (χ1v) is 9.83. The summed E-state index contributed by atoms with van der Waals surface area (Å²) in [6, 6.07) is 5.87. The van der Waals surface area contributed by atoms with E-state index in [1.54, 1.807) is 18.1 Å². The summed E-state index contributed by atoms with van der Waals surface area (Å²) in [5.41, 5.74) is 0.204. The quantitative estimate of drug-likeness (QED) is 0.720. The fourth-order valence-electron chi connectivity index (χ4n) is 4.92. The molecule has 6 nitrogen and oxygen atoms in total. The molecule has 0 saturated carbocycles. The lowest BCUT2D eigenvalue weighted by Gasteiger charge is -2.29. The number of nitrogens with zero attached hydrogens (tertiary/aromatic N) is 3. The highest BCUT2D eigenvalue weighted by molar-refractivity contribution is 5.93. The normalized spacial score (nSPS) is 31.0. The maximum Gasteiger partial charge on any atom is 0.230 e. The van der Waals surface area contributed by atoms with Gasteiger partial charge in [0.25, 0.3) is 0 Å². The van der Waals surface area contributed by atoms with Crippen LogP contribution in [0, 0.1) is 11.8 Å². The molecule has 144 valence electrons. The number of likely N-dealkylation sites (tertiary alicyclic amines) is 1. The van der Waals surface area contributed by atoms with E-state index in [2.05, 4.69) is 18.8 Å². The van der Waals surface area contributed by atoms with Crippen molar-refractivity contribution in [2.75, 3.05) is 13.6 Å². The molecule has 1 aromatic rings. The molecule has 3 aliphatic rings. The second-order valence-electron chi connectivity index (χ2n) is 7.85. The third-order valence-electron chi connectivity index (χ3n) is 6.30. The van der Waals surface area contributed by atoms with Crippen molar-refractivity contribution in [3.8, 4) is 0 Å². The number of ether oxygens (including phenoxy) is 1.